The molecule has 0 saturated heterocycles. The molecule has 0 fully saturated rings. The van der Waals surface area contributed by atoms with Crippen molar-refractivity contribution in [2.75, 3.05) is 47.5 Å². The number of rotatable bonds is 32. The van der Waals surface area contributed by atoms with Crippen LogP contribution < -0.4 is 4.89 Å². The minimum absolute atomic E-state index is 0.0265. The van der Waals surface area contributed by atoms with Crippen molar-refractivity contribution >= 4 is 19.8 Å². The van der Waals surface area contributed by atoms with Gasteiger partial charge in [-0.2, -0.15) is 0 Å². The maximum atomic E-state index is 12.5. The third kappa shape index (κ3) is 31.0. The van der Waals surface area contributed by atoms with Gasteiger partial charge in [-0.1, -0.05) is 129 Å². The number of esters is 2. The van der Waals surface area contributed by atoms with E-state index in [2.05, 4.69) is 13.8 Å². The average molecular weight is 650 g/mol. The molecule has 1 unspecified atom stereocenters. The van der Waals surface area contributed by atoms with Gasteiger partial charge in [0.1, 0.15) is 19.8 Å². The zero-order valence-corrected chi connectivity index (χ0v) is 30.0. The molecule has 0 bridgehead atoms. The molecule has 0 aliphatic rings. The summed E-state index contributed by atoms with van der Waals surface area (Å²) in [5, 5.41) is 0. The van der Waals surface area contributed by atoms with Crippen LogP contribution in [0.5, 0.6) is 0 Å². The number of unbranched alkanes of at least 4 members (excludes halogenated alkanes) is 18. The summed E-state index contributed by atoms with van der Waals surface area (Å²) in [7, 11) is 1.17. The molecule has 0 aromatic heterocycles. The van der Waals surface area contributed by atoms with Gasteiger partial charge in [0.05, 0.1) is 27.7 Å². The van der Waals surface area contributed by atoms with Gasteiger partial charge in [-0.25, -0.2) is 0 Å². The van der Waals surface area contributed by atoms with Crippen LogP contribution in [0, 0.1) is 0 Å². The van der Waals surface area contributed by atoms with Crippen LogP contribution in [0.2, 0.25) is 0 Å². The summed E-state index contributed by atoms with van der Waals surface area (Å²) < 4.78 is 33.6. The molecule has 0 saturated carbocycles. The van der Waals surface area contributed by atoms with Crippen molar-refractivity contribution in [3.8, 4) is 0 Å². The lowest BCUT2D eigenvalue weighted by Gasteiger charge is -2.28. The second kappa shape index (κ2) is 28.3. The van der Waals surface area contributed by atoms with Crippen molar-refractivity contribution in [1.29, 1.82) is 0 Å². The molecule has 0 aliphatic heterocycles. The van der Waals surface area contributed by atoms with Crippen LogP contribution in [0.1, 0.15) is 155 Å². The third-order valence-electron chi connectivity index (χ3n) is 7.63. The molecule has 0 aromatic carbocycles. The molecule has 0 N–H and O–H groups in total. The van der Waals surface area contributed by atoms with Crippen LogP contribution in [0.25, 0.3) is 0 Å². The summed E-state index contributed by atoms with van der Waals surface area (Å²) in [5.74, 6) is -0.833. The number of quaternary nitrogens is 1. The highest BCUT2D eigenvalue weighted by Gasteiger charge is 2.21. The van der Waals surface area contributed by atoms with Gasteiger partial charge in [0.2, 0.25) is 0 Å². The van der Waals surface area contributed by atoms with Crippen molar-refractivity contribution in [3.05, 3.63) is 0 Å². The molecule has 44 heavy (non-hydrogen) atoms. The van der Waals surface area contributed by atoms with Crippen LogP contribution >= 0.6 is 7.82 Å². The van der Waals surface area contributed by atoms with E-state index in [4.69, 9.17) is 18.5 Å². The van der Waals surface area contributed by atoms with Gasteiger partial charge < -0.3 is 27.9 Å². The van der Waals surface area contributed by atoms with Gasteiger partial charge in [0.25, 0.3) is 7.82 Å². The van der Waals surface area contributed by atoms with E-state index >= 15 is 0 Å². The molecule has 0 spiro atoms. The van der Waals surface area contributed by atoms with Gasteiger partial charge >= 0.3 is 11.9 Å². The number of carbonyl (C=O) groups is 2. The van der Waals surface area contributed by atoms with Crippen LogP contribution in [0.4, 0.5) is 0 Å². The van der Waals surface area contributed by atoms with Gasteiger partial charge in [0, 0.05) is 12.8 Å². The standard InChI is InChI=1S/C34H68NO8P/c1-6-8-10-12-14-16-17-19-21-23-25-27-34(37)43-32(31-42-44(38,39)41-29-28-35(3,4)5)30-40-33(36)26-24-22-20-18-15-13-11-9-7-2/h32H,6-31H2,1-5H3/t32-/m1/s1. The Labute approximate surface area is 270 Å². The van der Waals surface area contributed by atoms with Gasteiger partial charge in [0.15, 0.2) is 6.10 Å². The fourth-order valence-corrected chi connectivity index (χ4v) is 5.50. The third-order valence-corrected chi connectivity index (χ3v) is 8.59. The quantitative estimate of drug-likeness (QED) is 0.0310. The Morgan fingerprint density at radius 1 is 0.614 bits per heavy atom. The molecule has 0 heterocycles. The van der Waals surface area contributed by atoms with E-state index in [1.54, 1.807) is 0 Å². The van der Waals surface area contributed by atoms with Gasteiger partial charge in [-0.3, -0.25) is 14.2 Å². The summed E-state index contributed by atoms with van der Waals surface area (Å²) in [6, 6.07) is 0. The Morgan fingerprint density at radius 3 is 1.45 bits per heavy atom. The number of hydrogen-bond donors (Lipinski definition) is 0. The number of hydrogen-bond acceptors (Lipinski definition) is 8. The number of likely N-dealkylation sites (N-methyl/N-ethyl adjacent to an activating group) is 1. The lowest BCUT2D eigenvalue weighted by Crippen LogP contribution is -2.37. The largest absolute Gasteiger partial charge is 0.756 e. The predicted molar refractivity (Wildman–Crippen MR) is 176 cm³/mol. The molecule has 9 nitrogen and oxygen atoms in total. The number of phosphoric ester groups is 1. The highest BCUT2D eigenvalue weighted by molar-refractivity contribution is 7.45. The van der Waals surface area contributed by atoms with E-state index < -0.39 is 26.5 Å². The van der Waals surface area contributed by atoms with Crippen molar-refractivity contribution in [3.63, 3.8) is 0 Å². The summed E-state index contributed by atoms with van der Waals surface area (Å²) >= 11 is 0. The topological polar surface area (TPSA) is 111 Å². The van der Waals surface area contributed by atoms with Crippen molar-refractivity contribution in [2.45, 2.75) is 161 Å². The van der Waals surface area contributed by atoms with Crippen LogP contribution in [-0.2, 0) is 32.7 Å². The van der Waals surface area contributed by atoms with E-state index in [1.807, 2.05) is 21.1 Å². The number of carbonyl (C=O) groups excluding carboxylic acids is 2. The van der Waals surface area contributed by atoms with E-state index in [0.717, 1.165) is 32.1 Å². The van der Waals surface area contributed by atoms with E-state index in [0.29, 0.717) is 17.4 Å². The molecule has 0 amide bonds. The molecule has 0 aliphatic carbocycles. The molecular weight excluding hydrogens is 581 g/mol. The predicted octanol–water partition coefficient (Wildman–Crippen LogP) is 8.27. The van der Waals surface area contributed by atoms with Crippen LogP contribution in [-0.4, -0.2) is 70.0 Å². The van der Waals surface area contributed by atoms with Crippen LogP contribution in [0.15, 0.2) is 0 Å². The molecule has 0 radical (unpaired) electrons. The molecule has 10 heteroatoms. The number of nitrogens with zero attached hydrogens (tertiary/aromatic N) is 1. The fraction of sp³-hybridized carbons (Fsp3) is 0.941. The van der Waals surface area contributed by atoms with E-state index in [-0.39, 0.29) is 32.0 Å². The summed E-state index contributed by atoms with van der Waals surface area (Å²) in [6.07, 6.45) is 22.8. The first kappa shape index (κ1) is 43.0. The highest BCUT2D eigenvalue weighted by atomic mass is 31.2. The highest BCUT2D eigenvalue weighted by Crippen LogP contribution is 2.38. The number of phosphoric acid groups is 1. The fourth-order valence-electron chi connectivity index (χ4n) is 4.77. The Morgan fingerprint density at radius 2 is 1.02 bits per heavy atom. The zero-order chi connectivity index (χ0) is 32.9. The minimum atomic E-state index is -4.60. The second-order valence-corrected chi connectivity index (χ2v) is 14.7. The minimum Gasteiger partial charge on any atom is -0.756 e. The lowest BCUT2D eigenvalue weighted by atomic mass is 10.1. The Hall–Kier alpha value is -0.990. The SMILES string of the molecule is CCCCCCCCCCCCCC(=O)O[C@H](COC(=O)CCCCCCCCCCC)COP(=O)([O-])OCC[N+](C)(C)C. The molecular formula is C34H68NO8P. The van der Waals surface area contributed by atoms with Gasteiger partial charge in [-0.05, 0) is 12.8 Å². The smallest absolute Gasteiger partial charge is 0.306 e. The average Bonchev–Trinajstić information content (AvgIpc) is 2.95. The molecule has 0 rings (SSSR count). The monoisotopic (exact) mass is 649 g/mol. The van der Waals surface area contributed by atoms with E-state index in [1.165, 1.54) is 89.9 Å². The zero-order valence-electron chi connectivity index (χ0n) is 29.1. The first-order valence-electron chi connectivity index (χ1n) is 17.7. The summed E-state index contributed by atoms with van der Waals surface area (Å²) in [6.45, 7) is 4.18. The number of ether oxygens (including phenoxy) is 2. The summed E-state index contributed by atoms with van der Waals surface area (Å²) in [5.41, 5.74) is 0. The first-order chi connectivity index (χ1) is 21.0. The maximum Gasteiger partial charge on any atom is 0.306 e. The first-order valence-corrected chi connectivity index (χ1v) is 19.2. The van der Waals surface area contributed by atoms with Crippen molar-refractivity contribution in [1.82, 2.24) is 0 Å². The maximum absolute atomic E-state index is 12.5. The molecule has 2 atom stereocenters. The Balaban J connectivity index is 4.47. The van der Waals surface area contributed by atoms with Crippen molar-refractivity contribution < 1.29 is 42.1 Å². The van der Waals surface area contributed by atoms with Gasteiger partial charge in [-0.15, -0.1) is 0 Å². The van der Waals surface area contributed by atoms with Crippen molar-refractivity contribution in [2.24, 2.45) is 0 Å². The second-order valence-electron chi connectivity index (χ2n) is 13.2. The van der Waals surface area contributed by atoms with E-state index in [9.17, 15) is 19.0 Å². The Kier molecular flexibility index (Phi) is 27.6. The molecule has 262 valence electrons. The normalized spacial score (nSPS) is 13.9. The Bertz CT molecular complexity index is 743. The van der Waals surface area contributed by atoms with Crippen LogP contribution in [0.3, 0.4) is 0 Å². The summed E-state index contributed by atoms with van der Waals surface area (Å²) in [4.78, 5) is 37.1. The lowest BCUT2D eigenvalue weighted by molar-refractivity contribution is -0.870. The molecule has 0 aromatic rings.